The first-order valence-electron chi connectivity index (χ1n) is 11.1. The van der Waals surface area contributed by atoms with Crippen LogP contribution in [-0.2, 0) is 11.3 Å². The highest BCUT2D eigenvalue weighted by atomic mass is 16.2. The average Bonchev–Trinajstić information content (AvgIpc) is 2.80. The molecule has 2 heterocycles. The summed E-state index contributed by atoms with van der Waals surface area (Å²) in [5, 5.41) is 14.1. The summed E-state index contributed by atoms with van der Waals surface area (Å²) in [5.74, 6) is 0.320. The smallest absolute Gasteiger partial charge is 0.256 e. The van der Waals surface area contributed by atoms with Crippen LogP contribution in [0.3, 0.4) is 0 Å². The first kappa shape index (κ1) is 22.0. The highest BCUT2D eigenvalue weighted by Gasteiger charge is 2.32. The summed E-state index contributed by atoms with van der Waals surface area (Å²) in [4.78, 5) is 29.3. The average molecular weight is 434 g/mol. The van der Waals surface area contributed by atoms with Gasteiger partial charge in [-0.3, -0.25) is 19.9 Å². The van der Waals surface area contributed by atoms with Gasteiger partial charge in [-0.05, 0) is 47.7 Å². The normalized spacial score (nSPS) is 21.1. The van der Waals surface area contributed by atoms with Crippen LogP contribution in [0.1, 0.15) is 52.7 Å². The number of likely N-dealkylation sites (tertiary alicyclic amines) is 1. The molecule has 0 aromatic heterocycles. The number of amidine groups is 1. The summed E-state index contributed by atoms with van der Waals surface area (Å²) in [5.41, 5.74) is 4.37. The second-order valence-corrected chi connectivity index (χ2v) is 8.83. The van der Waals surface area contributed by atoms with Gasteiger partial charge in [-0.1, -0.05) is 25.1 Å². The molecule has 1 saturated heterocycles. The molecule has 2 unspecified atom stereocenters. The number of anilines is 1. The molecule has 2 aliphatic rings. The van der Waals surface area contributed by atoms with Gasteiger partial charge in [0.15, 0.2) is 0 Å². The summed E-state index contributed by atoms with van der Waals surface area (Å²) in [6.07, 6.45) is 1.53. The Hall–Kier alpha value is -3.19. The summed E-state index contributed by atoms with van der Waals surface area (Å²) < 4.78 is 0. The van der Waals surface area contributed by atoms with E-state index in [0.717, 1.165) is 37.3 Å². The van der Waals surface area contributed by atoms with Gasteiger partial charge in [0.1, 0.15) is 5.84 Å². The second kappa shape index (κ2) is 9.12. The van der Waals surface area contributed by atoms with Crippen LogP contribution in [0.25, 0.3) is 0 Å². The lowest BCUT2D eigenvalue weighted by atomic mass is 9.87. The fraction of sp³-hybridized carbons (Fsp3) is 0.400. The lowest BCUT2D eigenvalue weighted by Crippen LogP contribution is -2.48. The van der Waals surface area contributed by atoms with Crippen molar-refractivity contribution >= 4 is 23.3 Å². The maximum Gasteiger partial charge on any atom is 0.256 e. The number of amides is 2. The predicted octanol–water partition coefficient (Wildman–Crippen LogP) is 3.02. The molecule has 2 atom stereocenters. The molecule has 0 spiro atoms. The molecule has 3 N–H and O–H groups in total. The van der Waals surface area contributed by atoms with Crippen LogP contribution in [0.5, 0.6) is 0 Å². The monoisotopic (exact) mass is 433 g/mol. The van der Waals surface area contributed by atoms with E-state index >= 15 is 0 Å². The second-order valence-electron chi connectivity index (χ2n) is 8.83. The first-order valence-corrected chi connectivity index (χ1v) is 11.1. The van der Waals surface area contributed by atoms with Crippen molar-refractivity contribution in [3.8, 4) is 0 Å². The Bertz CT molecular complexity index is 1050. The number of nitrogens with zero attached hydrogens (tertiary/aromatic N) is 2. The molecule has 7 heteroatoms. The largest absolute Gasteiger partial charge is 0.388 e. The SMILES string of the molecule is CNc1ccccc1C(=N)NC(=O)c1ccc2c(c1)CN(C1CCN(C)C(=O)C1)CC2C. The van der Waals surface area contributed by atoms with Crippen molar-refractivity contribution in [2.75, 3.05) is 32.5 Å². The van der Waals surface area contributed by atoms with Crippen LogP contribution in [0, 0.1) is 5.41 Å². The van der Waals surface area contributed by atoms with E-state index in [1.54, 1.807) is 11.9 Å². The van der Waals surface area contributed by atoms with Crippen LogP contribution in [0.2, 0.25) is 0 Å². The Kier molecular flexibility index (Phi) is 6.28. The van der Waals surface area contributed by atoms with Gasteiger partial charge in [0.25, 0.3) is 5.91 Å². The third kappa shape index (κ3) is 4.39. The Balaban J connectivity index is 1.50. The van der Waals surface area contributed by atoms with Gasteiger partial charge in [0.05, 0.1) is 0 Å². The minimum atomic E-state index is -0.289. The third-order valence-electron chi connectivity index (χ3n) is 6.67. The highest BCUT2D eigenvalue weighted by Crippen LogP contribution is 2.32. The minimum absolute atomic E-state index is 0.0671. The quantitative estimate of drug-likeness (QED) is 0.511. The molecule has 2 aromatic rings. The summed E-state index contributed by atoms with van der Waals surface area (Å²) in [6, 6.07) is 13.5. The van der Waals surface area contributed by atoms with Gasteiger partial charge in [0, 0.05) is 63.0 Å². The summed E-state index contributed by atoms with van der Waals surface area (Å²) in [6.45, 7) is 4.65. The van der Waals surface area contributed by atoms with Crippen molar-refractivity contribution < 1.29 is 9.59 Å². The third-order valence-corrected chi connectivity index (χ3v) is 6.67. The topological polar surface area (TPSA) is 88.5 Å². The van der Waals surface area contributed by atoms with Gasteiger partial charge < -0.3 is 15.5 Å². The zero-order chi connectivity index (χ0) is 22.8. The van der Waals surface area contributed by atoms with Crippen molar-refractivity contribution in [2.45, 2.75) is 38.3 Å². The molecule has 168 valence electrons. The molecule has 32 heavy (non-hydrogen) atoms. The molecule has 0 saturated carbocycles. The zero-order valence-corrected chi connectivity index (χ0v) is 18.9. The molecule has 4 rings (SSSR count). The van der Waals surface area contributed by atoms with Gasteiger partial charge in [-0.25, -0.2) is 0 Å². The van der Waals surface area contributed by atoms with E-state index in [1.165, 1.54) is 5.56 Å². The standard InChI is InChI=1S/C25H31N5O2/c1-16-14-30(19-10-11-29(3)23(31)13-19)15-18-12-17(8-9-20(16)18)25(32)28-24(26)21-6-4-5-7-22(21)27-2/h4-9,12,16,19,27H,10-11,13-15H2,1-3H3,(H2,26,28,32). The Morgan fingerprint density at radius 1 is 1.19 bits per heavy atom. The number of rotatable bonds is 4. The fourth-order valence-electron chi connectivity index (χ4n) is 4.79. The molecule has 2 amide bonds. The van der Waals surface area contributed by atoms with Crippen LogP contribution >= 0.6 is 0 Å². The number of benzene rings is 2. The molecule has 0 aliphatic carbocycles. The maximum absolute atomic E-state index is 12.9. The van der Waals surface area contributed by atoms with E-state index in [-0.39, 0.29) is 23.7 Å². The summed E-state index contributed by atoms with van der Waals surface area (Å²) in [7, 11) is 3.66. The van der Waals surface area contributed by atoms with Crippen LogP contribution < -0.4 is 10.6 Å². The lowest BCUT2D eigenvalue weighted by Gasteiger charge is -2.41. The number of hydrogen-bond acceptors (Lipinski definition) is 5. The Morgan fingerprint density at radius 3 is 2.72 bits per heavy atom. The Morgan fingerprint density at radius 2 is 1.97 bits per heavy atom. The van der Waals surface area contributed by atoms with Crippen molar-refractivity contribution in [1.29, 1.82) is 5.41 Å². The van der Waals surface area contributed by atoms with Gasteiger partial charge in [-0.15, -0.1) is 0 Å². The van der Waals surface area contributed by atoms with Gasteiger partial charge >= 0.3 is 0 Å². The Labute approximate surface area is 189 Å². The minimum Gasteiger partial charge on any atom is -0.388 e. The number of carbonyl (C=O) groups is 2. The van der Waals surface area contributed by atoms with Crippen molar-refractivity contribution in [2.24, 2.45) is 0 Å². The van der Waals surface area contributed by atoms with E-state index in [0.29, 0.717) is 23.5 Å². The van der Waals surface area contributed by atoms with Crippen molar-refractivity contribution in [3.05, 3.63) is 64.7 Å². The first-order chi connectivity index (χ1) is 15.4. The highest BCUT2D eigenvalue weighted by molar-refractivity contribution is 6.13. The van der Waals surface area contributed by atoms with E-state index in [2.05, 4.69) is 22.5 Å². The van der Waals surface area contributed by atoms with Crippen LogP contribution in [0.15, 0.2) is 42.5 Å². The number of hydrogen-bond donors (Lipinski definition) is 3. The predicted molar refractivity (Wildman–Crippen MR) is 126 cm³/mol. The molecule has 7 nitrogen and oxygen atoms in total. The van der Waals surface area contributed by atoms with Crippen LogP contribution in [-0.4, -0.2) is 60.7 Å². The van der Waals surface area contributed by atoms with Crippen molar-refractivity contribution in [1.82, 2.24) is 15.1 Å². The molecule has 2 aliphatic heterocycles. The van der Waals surface area contributed by atoms with E-state index in [1.807, 2.05) is 49.5 Å². The molecule has 0 bridgehead atoms. The van der Waals surface area contributed by atoms with E-state index in [4.69, 9.17) is 5.41 Å². The van der Waals surface area contributed by atoms with Gasteiger partial charge in [0.2, 0.25) is 5.91 Å². The molecule has 2 aromatic carbocycles. The number of nitrogens with one attached hydrogen (secondary N) is 3. The molecular formula is C25H31N5O2. The fourth-order valence-corrected chi connectivity index (χ4v) is 4.79. The summed E-state index contributed by atoms with van der Waals surface area (Å²) >= 11 is 0. The van der Waals surface area contributed by atoms with E-state index < -0.39 is 0 Å². The van der Waals surface area contributed by atoms with Gasteiger partial charge in [-0.2, -0.15) is 0 Å². The van der Waals surface area contributed by atoms with Crippen LogP contribution in [0.4, 0.5) is 5.69 Å². The van der Waals surface area contributed by atoms with Crippen molar-refractivity contribution in [3.63, 3.8) is 0 Å². The number of carbonyl (C=O) groups excluding carboxylic acids is 2. The number of piperidine rings is 1. The molecule has 0 radical (unpaired) electrons. The lowest BCUT2D eigenvalue weighted by molar-refractivity contribution is -0.134. The zero-order valence-electron chi connectivity index (χ0n) is 18.9. The molecule has 1 fully saturated rings. The van der Waals surface area contributed by atoms with E-state index in [9.17, 15) is 9.59 Å². The molecular weight excluding hydrogens is 402 g/mol. The maximum atomic E-state index is 12.9. The number of para-hydroxylation sites is 1. The number of fused-ring (bicyclic) bond motifs is 1.